The van der Waals surface area contributed by atoms with Crippen molar-refractivity contribution >= 4 is 28.1 Å². The number of allylic oxidation sites excluding steroid dienone is 1. The Labute approximate surface area is 201 Å². The smallest absolute Gasteiger partial charge is 0.159 e. The second-order valence-electron chi connectivity index (χ2n) is 7.42. The van der Waals surface area contributed by atoms with E-state index in [0.717, 1.165) is 0 Å². The van der Waals surface area contributed by atoms with Crippen LogP contribution in [0.5, 0.6) is 5.75 Å². The number of benzene rings is 2. The Hall–Kier alpha value is -3.76. The highest BCUT2D eigenvalue weighted by molar-refractivity contribution is 5.98. The first-order valence-electron chi connectivity index (χ1n) is 13.2. The van der Waals surface area contributed by atoms with Gasteiger partial charge in [-0.05, 0) is 63.8 Å². The number of nitrogens with one attached hydrogen (secondary N) is 1. The van der Waals surface area contributed by atoms with E-state index in [-0.39, 0.29) is 75.6 Å². The van der Waals surface area contributed by atoms with Crippen LogP contribution in [0.3, 0.4) is 0 Å². The van der Waals surface area contributed by atoms with Crippen molar-refractivity contribution in [2.75, 3.05) is 32.6 Å². The molecule has 3 aromatic rings. The van der Waals surface area contributed by atoms with Crippen LogP contribution in [0.2, 0.25) is 0 Å². The first-order valence-corrected chi connectivity index (χ1v) is 10.2. The van der Waals surface area contributed by atoms with Crippen molar-refractivity contribution in [3.05, 3.63) is 71.0 Å². The Bertz CT molecular complexity index is 1520. The van der Waals surface area contributed by atoms with Crippen LogP contribution in [0.1, 0.15) is 31.8 Å². The molecule has 1 N–H and O–H groups in total. The highest BCUT2D eigenvalue weighted by atomic mass is 19.1. The molecule has 0 amide bonds. The molecular weight excluding hydrogens is 419 g/mol. The molecule has 0 aliphatic heterocycles. The summed E-state index contributed by atoms with van der Waals surface area (Å²) in [7, 11) is 3.68. The molecule has 0 fully saturated rings. The van der Waals surface area contributed by atoms with Crippen LogP contribution in [-0.2, 0) is 11.2 Å². The van der Waals surface area contributed by atoms with Gasteiger partial charge < -0.3 is 15.0 Å². The predicted molar refractivity (Wildman–Crippen MR) is 128 cm³/mol. The molecule has 2 aromatic carbocycles. The summed E-state index contributed by atoms with van der Waals surface area (Å²) in [6.45, 7) is 3.57. The van der Waals surface area contributed by atoms with Crippen LogP contribution >= 0.6 is 0 Å². The Kier molecular flexibility index (Phi) is 5.46. The molecule has 0 atom stereocenters. The van der Waals surface area contributed by atoms with Crippen LogP contribution in [0.15, 0.2) is 48.5 Å². The summed E-state index contributed by atoms with van der Waals surface area (Å²) < 4.78 is 70.4. The molecule has 0 aliphatic carbocycles. The molecule has 1 heterocycles. The molecule has 0 radical (unpaired) electrons. The molecule has 3 rings (SSSR count). The summed E-state index contributed by atoms with van der Waals surface area (Å²) >= 11 is 0. The molecule has 0 unspecified atom stereocenters. The minimum Gasteiger partial charge on any atom is -0.494 e. The van der Waals surface area contributed by atoms with Crippen molar-refractivity contribution in [1.82, 2.24) is 9.88 Å². The number of ether oxygens (including phenoxy) is 1. The average Bonchev–Trinajstić information content (AvgIpc) is 2.88. The van der Waals surface area contributed by atoms with E-state index in [9.17, 15) is 14.4 Å². The SMILES string of the molecule is [2H]c1nc2c([2H])c(OCC)c(CC(=O)/C=C/CN(C)C)c([2H])c2c(Nc2c([2H])c([2H])c(F)c(C)c2[2H])c1C#N. The third-order valence-corrected chi connectivity index (χ3v) is 4.51. The number of aromatic nitrogens is 1. The summed E-state index contributed by atoms with van der Waals surface area (Å²) in [5.41, 5.74) is -1.19. The van der Waals surface area contributed by atoms with E-state index in [1.54, 1.807) is 13.0 Å². The Morgan fingerprint density at radius 1 is 1.36 bits per heavy atom. The number of likely N-dealkylation sites (N-methyl/N-ethyl adjacent to an activating group) is 1. The highest BCUT2D eigenvalue weighted by Gasteiger charge is 2.16. The largest absolute Gasteiger partial charge is 0.494 e. The van der Waals surface area contributed by atoms with E-state index in [1.165, 1.54) is 13.0 Å². The summed E-state index contributed by atoms with van der Waals surface area (Å²) in [6, 6.07) is -0.651. The lowest BCUT2D eigenvalue weighted by Crippen LogP contribution is -2.11. The lowest BCUT2D eigenvalue weighted by atomic mass is 10.0. The van der Waals surface area contributed by atoms with Crippen LogP contribution < -0.4 is 10.1 Å². The summed E-state index contributed by atoms with van der Waals surface area (Å²) in [5, 5.41) is 12.4. The van der Waals surface area contributed by atoms with Gasteiger partial charge in [0.2, 0.25) is 0 Å². The molecule has 0 saturated carbocycles. The van der Waals surface area contributed by atoms with Crippen molar-refractivity contribution in [2.45, 2.75) is 20.3 Å². The maximum absolute atomic E-state index is 14.3. The van der Waals surface area contributed by atoms with E-state index in [4.69, 9.17) is 13.0 Å². The molecule has 0 saturated heterocycles. The number of hydrogen-bond donors (Lipinski definition) is 1. The van der Waals surface area contributed by atoms with Gasteiger partial charge in [-0.1, -0.05) is 6.08 Å². The average molecular weight is 453 g/mol. The number of carbonyl (C=O) groups is 1. The topological polar surface area (TPSA) is 78.2 Å². The minimum atomic E-state index is -1.03. The molecule has 1 aromatic heterocycles. The van der Waals surface area contributed by atoms with Crippen molar-refractivity contribution in [3.63, 3.8) is 0 Å². The normalized spacial score (nSPS) is 13.7. The van der Waals surface area contributed by atoms with Gasteiger partial charge in [0, 0.05) is 41.8 Å². The first-order chi connectivity index (χ1) is 18.3. The van der Waals surface area contributed by atoms with Crippen molar-refractivity contribution in [1.29, 1.82) is 5.26 Å². The summed E-state index contributed by atoms with van der Waals surface area (Å²) in [6.07, 6.45) is 2.18. The van der Waals surface area contributed by atoms with E-state index in [1.807, 2.05) is 25.1 Å². The van der Waals surface area contributed by atoms with E-state index in [2.05, 4.69) is 10.3 Å². The molecular formula is C26H27FN4O2. The fraction of sp³-hybridized carbons (Fsp3) is 0.269. The Morgan fingerprint density at radius 3 is 2.85 bits per heavy atom. The summed E-state index contributed by atoms with van der Waals surface area (Å²) in [4.78, 5) is 18.7. The molecule has 170 valence electrons. The van der Waals surface area contributed by atoms with Crippen molar-refractivity contribution in [3.8, 4) is 11.8 Å². The van der Waals surface area contributed by atoms with Gasteiger partial charge in [-0.15, -0.1) is 0 Å². The number of nitriles is 1. The fourth-order valence-electron chi connectivity index (χ4n) is 2.97. The van der Waals surface area contributed by atoms with Crippen molar-refractivity contribution in [2.24, 2.45) is 0 Å². The molecule has 0 aliphatic rings. The third kappa shape index (κ3) is 5.93. The zero-order valence-electron chi connectivity index (χ0n) is 24.8. The number of halogens is 1. The number of pyridine rings is 1. The van der Waals surface area contributed by atoms with E-state index >= 15 is 0 Å². The van der Waals surface area contributed by atoms with Gasteiger partial charge >= 0.3 is 0 Å². The number of rotatable bonds is 9. The zero-order valence-corrected chi connectivity index (χ0v) is 18.8. The van der Waals surface area contributed by atoms with Crippen LogP contribution in [-0.4, -0.2) is 42.9 Å². The van der Waals surface area contributed by atoms with E-state index in [0.29, 0.717) is 6.54 Å². The first kappa shape index (κ1) is 16.8. The van der Waals surface area contributed by atoms with Gasteiger partial charge in [0.15, 0.2) is 5.78 Å². The monoisotopic (exact) mass is 452 g/mol. The van der Waals surface area contributed by atoms with Gasteiger partial charge in [-0.25, -0.2) is 4.39 Å². The van der Waals surface area contributed by atoms with Crippen LogP contribution in [0, 0.1) is 24.1 Å². The van der Waals surface area contributed by atoms with E-state index < -0.39 is 30.1 Å². The van der Waals surface area contributed by atoms with Gasteiger partial charge in [0.1, 0.15) is 17.6 Å². The number of carbonyl (C=O) groups excluding carboxylic acids is 1. The maximum atomic E-state index is 14.3. The number of hydrogen-bond acceptors (Lipinski definition) is 6. The van der Waals surface area contributed by atoms with Crippen LogP contribution in [0.25, 0.3) is 10.9 Å². The lowest BCUT2D eigenvalue weighted by Gasteiger charge is -2.15. The molecule has 6 nitrogen and oxygen atoms in total. The molecule has 0 bridgehead atoms. The van der Waals surface area contributed by atoms with Gasteiger partial charge in [-0.2, -0.15) is 5.26 Å². The summed E-state index contributed by atoms with van der Waals surface area (Å²) in [5.74, 6) is -1.45. The lowest BCUT2D eigenvalue weighted by molar-refractivity contribution is -0.114. The Balaban J connectivity index is 2.37. The zero-order chi connectivity index (χ0) is 29.2. The molecule has 7 heteroatoms. The van der Waals surface area contributed by atoms with Gasteiger partial charge in [-0.3, -0.25) is 9.78 Å². The second-order valence-corrected chi connectivity index (χ2v) is 7.42. The highest BCUT2D eigenvalue weighted by Crippen LogP contribution is 2.34. The minimum absolute atomic E-state index is 0.0552. The number of nitrogens with zero attached hydrogens (tertiary/aromatic N) is 3. The number of anilines is 2. The maximum Gasteiger partial charge on any atom is 0.159 e. The van der Waals surface area contributed by atoms with Crippen molar-refractivity contribution < 1.29 is 22.1 Å². The van der Waals surface area contributed by atoms with Gasteiger partial charge in [0.25, 0.3) is 0 Å². The predicted octanol–water partition coefficient (Wildman–Crippen LogP) is 4.93. The molecule has 33 heavy (non-hydrogen) atoms. The Morgan fingerprint density at radius 2 is 2.15 bits per heavy atom. The van der Waals surface area contributed by atoms with Crippen LogP contribution in [0.4, 0.5) is 15.8 Å². The quantitative estimate of drug-likeness (QED) is 0.464. The number of fused-ring (bicyclic) bond motifs is 1. The second kappa shape index (κ2) is 10.7. The standard InChI is InChI=1S/C26H27FN4O2/c1-5-33-25-14-24-22(13-18(25)12-21(32)7-6-10-31(3)4)26(19(15-28)16-29-24)30-20-8-9-23(27)17(2)11-20/h6-9,11,13-14,16H,5,10,12H2,1-4H3,(H,29,30)/b7-6+/i8D,9D,11D,13D,14D,16D. The fourth-order valence-corrected chi connectivity index (χ4v) is 2.97. The van der Waals surface area contributed by atoms with Gasteiger partial charge in [0.05, 0.1) is 31.6 Å². The number of ketones is 1. The third-order valence-electron chi connectivity index (χ3n) is 4.51. The molecule has 0 spiro atoms.